The lowest BCUT2D eigenvalue weighted by molar-refractivity contribution is 0.249. The molecule has 1 aliphatic heterocycles. The molecular formula is C24H26FN3O. The molecule has 4 nitrogen and oxygen atoms in total. The van der Waals surface area contributed by atoms with Crippen LogP contribution in [0, 0.1) is 5.82 Å². The van der Waals surface area contributed by atoms with Crippen molar-refractivity contribution < 1.29 is 4.39 Å². The lowest BCUT2D eigenvalue weighted by Crippen LogP contribution is -2.46. The third-order valence-electron chi connectivity index (χ3n) is 5.72. The highest BCUT2D eigenvalue weighted by atomic mass is 19.1. The Bertz CT molecular complexity index is 1080. The molecule has 1 aromatic heterocycles. The first-order valence-corrected chi connectivity index (χ1v) is 10.1. The first-order valence-electron chi connectivity index (χ1n) is 10.1. The fraction of sp³-hybridized carbons (Fsp3) is 0.292. The molecule has 3 aromatic rings. The van der Waals surface area contributed by atoms with Gasteiger partial charge in [-0.1, -0.05) is 36.9 Å². The van der Waals surface area contributed by atoms with E-state index in [1.165, 1.54) is 17.7 Å². The molecule has 2 heterocycles. The standard InChI is InChI=1S/C24H26FN3O/c1-3-18-5-7-19(8-6-18)17-26-11-13-28(14-12-26)23-16-22-20(15-21(23)25)24(29)9-10-27(22)4-2/h3,5-10,15-16H,1,4,11-14,17H2,2H3. The monoisotopic (exact) mass is 391 g/mol. The first kappa shape index (κ1) is 19.4. The Labute approximate surface area is 170 Å². The molecule has 0 atom stereocenters. The van der Waals surface area contributed by atoms with E-state index >= 15 is 0 Å². The third-order valence-corrected chi connectivity index (χ3v) is 5.72. The molecule has 0 amide bonds. The van der Waals surface area contributed by atoms with E-state index in [2.05, 4.69) is 40.6 Å². The number of rotatable bonds is 5. The van der Waals surface area contributed by atoms with Crippen LogP contribution in [-0.2, 0) is 13.1 Å². The van der Waals surface area contributed by atoms with Crippen molar-refractivity contribution in [2.45, 2.75) is 20.0 Å². The molecule has 5 heteroatoms. The molecule has 29 heavy (non-hydrogen) atoms. The van der Waals surface area contributed by atoms with Gasteiger partial charge in [-0.3, -0.25) is 9.69 Å². The molecule has 0 bridgehead atoms. The largest absolute Gasteiger partial charge is 0.367 e. The molecule has 0 aliphatic carbocycles. The topological polar surface area (TPSA) is 28.5 Å². The van der Waals surface area contributed by atoms with Crippen molar-refractivity contribution in [3.63, 3.8) is 0 Å². The maximum absolute atomic E-state index is 14.8. The number of benzene rings is 2. The van der Waals surface area contributed by atoms with Gasteiger partial charge in [-0.25, -0.2) is 4.39 Å². The summed E-state index contributed by atoms with van der Waals surface area (Å²) in [6, 6.07) is 13.2. The van der Waals surface area contributed by atoms with Gasteiger partial charge in [0.15, 0.2) is 5.43 Å². The summed E-state index contributed by atoms with van der Waals surface area (Å²) in [5.41, 5.74) is 3.63. The van der Waals surface area contributed by atoms with Crippen molar-refractivity contribution in [3.8, 4) is 0 Å². The predicted molar refractivity (Wildman–Crippen MR) is 118 cm³/mol. The van der Waals surface area contributed by atoms with Crippen molar-refractivity contribution in [3.05, 3.63) is 82.4 Å². The molecule has 4 rings (SSSR count). The van der Waals surface area contributed by atoms with Crippen molar-refractivity contribution in [2.24, 2.45) is 0 Å². The Morgan fingerprint density at radius 3 is 2.45 bits per heavy atom. The van der Waals surface area contributed by atoms with Crippen molar-refractivity contribution >= 4 is 22.7 Å². The van der Waals surface area contributed by atoms with Crippen LogP contribution in [-0.4, -0.2) is 35.6 Å². The average Bonchev–Trinajstić information content (AvgIpc) is 2.75. The molecule has 0 N–H and O–H groups in total. The molecule has 0 spiro atoms. The summed E-state index contributed by atoms with van der Waals surface area (Å²) in [6.45, 7) is 10.7. The number of aromatic nitrogens is 1. The summed E-state index contributed by atoms with van der Waals surface area (Å²) in [7, 11) is 0. The summed E-state index contributed by atoms with van der Waals surface area (Å²) in [6.07, 6.45) is 3.63. The number of anilines is 1. The van der Waals surface area contributed by atoms with E-state index in [0.29, 0.717) is 11.1 Å². The Hall–Kier alpha value is -2.92. The van der Waals surface area contributed by atoms with Gasteiger partial charge in [0.1, 0.15) is 5.82 Å². The average molecular weight is 391 g/mol. The maximum Gasteiger partial charge on any atom is 0.189 e. The molecule has 0 radical (unpaired) electrons. The van der Waals surface area contributed by atoms with E-state index in [-0.39, 0.29) is 11.2 Å². The number of fused-ring (bicyclic) bond motifs is 1. The van der Waals surface area contributed by atoms with Gasteiger partial charge in [0.05, 0.1) is 11.2 Å². The molecule has 0 saturated carbocycles. The quantitative estimate of drug-likeness (QED) is 0.655. The van der Waals surface area contributed by atoms with Crippen molar-refractivity contribution in [2.75, 3.05) is 31.1 Å². The van der Waals surface area contributed by atoms with Gasteiger partial charge in [0.2, 0.25) is 0 Å². The van der Waals surface area contributed by atoms with Gasteiger partial charge >= 0.3 is 0 Å². The molecule has 1 aliphatic rings. The fourth-order valence-corrected chi connectivity index (χ4v) is 4.00. The minimum atomic E-state index is -0.322. The zero-order chi connectivity index (χ0) is 20.4. The number of hydrogen-bond acceptors (Lipinski definition) is 3. The number of aryl methyl sites for hydroxylation is 1. The highest BCUT2D eigenvalue weighted by Crippen LogP contribution is 2.26. The Morgan fingerprint density at radius 2 is 1.79 bits per heavy atom. The molecule has 1 fully saturated rings. The van der Waals surface area contributed by atoms with Crippen LogP contribution in [0.3, 0.4) is 0 Å². The highest BCUT2D eigenvalue weighted by Gasteiger charge is 2.21. The van der Waals surface area contributed by atoms with E-state index in [1.54, 1.807) is 6.20 Å². The van der Waals surface area contributed by atoms with Gasteiger partial charge in [0.25, 0.3) is 0 Å². The lowest BCUT2D eigenvalue weighted by Gasteiger charge is -2.36. The van der Waals surface area contributed by atoms with E-state index in [0.717, 1.165) is 50.3 Å². The number of piperazine rings is 1. The van der Waals surface area contributed by atoms with Crippen LogP contribution in [0.15, 0.2) is 60.0 Å². The smallest absolute Gasteiger partial charge is 0.189 e. The van der Waals surface area contributed by atoms with Gasteiger partial charge in [0, 0.05) is 56.9 Å². The van der Waals surface area contributed by atoms with E-state index in [9.17, 15) is 9.18 Å². The van der Waals surface area contributed by atoms with Gasteiger partial charge in [-0.2, -0.15) is 0 Å². The number of pyridine rings is 1. The lowest BCUT2D eigenvalue weighted by atomic mass is 10.1. The van der Waals surface area contributed by atoms with Crippen LogP contribution in [0.25, 0.3) is 17.0 Å². The van der Waals surface area contributed by atoms with Crippen molar-refractivity contribution in [1.82, 2.24) is 9.47 Å². The van der Waals surface area contributed by atoms with Crippen LogP contribution < -0.4 is 10.3 Å². The predicted octanol–water partition coefficient (Wildman–Crippen LogP) is 4.13. The minimum absolute atomic E-state index is 0.137. The van der Waals surface area contributed by atoms with Crippen LogP contribution in [0.5, 0.6) is 0 Å². The summed E-state index contributed by atoms with van der Waals surface area (Å²) >= 11 is 0. The van der Waals surface area contributed by atoms with Gasteiger partial charge < -0.3 is 9.47 Å². The van der Waals surface area contributed by atoms with Gasteiger partial charge in [-0.15, -0.1) is 0 Å². The number of nitrogens with zero attached hydrogens (tertiary/aromatic N) is 3. The number of hydrogen-bond donors (Lipinski definition) is 0. The number of halogens is 1. The molecular weight excluding hydrogens is 365 g/mol. The van der Waals surface area contributed by atoms with Crippen LogP contribution in [0.4, 0.5) is 10.1 Å². The first-order chi connectivity index (χ1) is 14.1. The van der Waals surface area contributed by atoms with Crippen LogP contribution in [0.1, 0.15) is 18.1 Å². The minimum Gasteiger partial charge on any atom is -0.367 e. The van der Waals surface area contributed by atoms with Gasteiger partial charge in [-0.05, 0) is 30.2 Å². The zero-order valence-corrected chi connectivity index (χ0v) is 16.8. The van der Waals surface area contributed by atoms with E-state index < -0.39 is 0 Å². The normalized spacial score (nSPS) is 15.0. The Balaban J connectivity index is 1.50. The Morgan fingerprint density at radius 1 is 1.07 bits per heavy atom. The van der Waals surface area contributed by atoms with E-state index in [4.69, 9.17) is 0 Å². The highest BCUT2D eigenvalue weighted by molar-refractivity contribution is 5.83. The molecule has 1 saturated heterocycles. The summed E-state index contributed by atoms with van der Waals surface area (Å²) in [5.74, 6) is -0.322. The molecule has 0 unspecified atom stereocenters. The molecule has 150 valence electrons. The van der Waals surface area contributed by atoms with Crippen LogP contribution in [0.2, 0.25) is 0 Å². The third kappa shape index (κ3) is 3.96. The maximum atomic E-state index is 14.8. The summed E-state index contributed by atoms with van der Waals surface area (Å²) in [4.78, 5) is 16.6. The zero-order valence-electron chi connectivity index (χ0n) is 16.8. The van der Waals surface area contributed by atoms with Crippen LogP contribution >= 0.6 is 0 Å². The fourth-order valence-electron chi connectivity index (χ4n) is 4.00. The second kappa shape index (κ2) is 8.21. The molecule has 2 aromatic carbocycles. The Kier molecular flexibility index (Phi) is 5.49. The second-order valence-electron chi connectivity index (χ2n) is 7.50. The van der Waals surface area contributed by atoms with E-state index in [1.807, 2.05) is 23.6 Å². The SMILES string of the molecule is C=Cc1ccc(CN2CCN(c3cc4c(cc3F)c(=O)ccn4CC)CC2)cc1. The summed E-state index contributed by atoms with van der Waals surface area (Å²) < 4.78 is 16.8. The van der Waals surface area contributed by atoms with Crippen molar-refractivity contribution in [1.29, 1.82) is 0 Å². The second-order valence-corrected chi connectivity index (χ2v) is 7.50. The summed E-state index contributed by atoms with van der Waals surface area (Å²) in [5, 5.41) is 0.442.